The van der Waals surface area contributed by atoms with E-state index in [-0.39, 0.29) is 36.2 Å². The van der Waals surface area contributed by atoms with Gasteiger partial charge in [-0.2, -0.15) is 0 Å². The molecule has 1 amide bonds. The second-order valence-electron chi connectivity index (χ2n) is 10.2. The molecule has 6 unspecified atom stereocenters. The molecule has 0 aliphatic carbocycles. The fourth-order valence-corrected chi connectivity index (χ4v) is 4.64. The maximum atomic E-state index is 12.2. The molecule has 3 aliphatic heterocycles. The topological polar surface area (TPSA) is 330 Å². The Balaban J connectivity index is 0.00000156. The molecule has 3 heterocycles. The molecule has 45 heavy (non-hydrogen) atoms. The van der Waals surface area contributed by atoms with E-state index in [1.807, 2.05) is 0 Å². The number of hydrogen-bond donors (Lipinski definition) is 10. The van der Waals surface area contributed by atoms with Gasteiger partial charge >= 0.3 is 29.6 Å². The van der Waals surface area contributed by atoms with Gasteiger partial charge in [0.15, 0.2) is 18.9 Å². The summed E-state index contributed by atoms with van der Waals surface area (Å²) in [5, 5.41) is 73.8. The van der Waals surface area contributed by atoms with Crippen molar-refractivity contribution < 1.29 is 116 Å². The Morgan fingerprint density at radius 1 is 0.911 bits per heavy atom. The van der Waals surface area contributed by atoms with Gasteiger partial charge in [-0.1, -0.05) is 0 Å². The standard InChI is InChI=1S/C23H41N2O14.Na.H2O4S/c1-9-16(31)17(32)18(33)23(35-9)39-20-15(25-10(2)28)22(34-5-3-4-24)37-14(8-27)19(20)38-21-12(30)6-11(29)13(7-26)36-21;;1-5(2,3)4/h6,9,11-23,26-27,29-33H,3-5,7-8,24H2,1-2H3,(H,25,28);;(H2,1,2,3,4)/q-1;+1;/p-1/t9?,11-,12?,13?,14?,15?,16-,17+,18?,19-,20-,21+,22-,23+;;/m1../s1. The summed E-state index contributed by atoms with van der Waals surface area (Å²) in [4.78, 5) is 12.2. The second-order valence-corrected chi connectivity index (χ2v) is 11.0. The molecule has 0 radical (unpaired) electrons. The summed E-state index contributed by atoms with van der Waals surface area (Å²) in [6.07, 6.45) is -16.2. The van der Waals surface area contributed by atoms with Gasteiger partial charge in [0, 0.05) is 6.92 Å². The SMILES string of the molecule is CC(=O)NC1[C@H](OCCCN)OC(CO)[C@@H](O[C@@H]2OC(CO)[C@H](O)[CH-]C2O)[C@@H]1O[C@@H]1OC(C)[C@@H](O)[C@H](O)C1O.O=S(=O)([O-])O.[Na+]. The first-order valence-corrected chi connectivity index (χ1v) is 14.9. The van der Waals surface area contributed by atoms with Crippen molar-refractivity contribution in [2.45, 2.75) is 106 Å². The number of nitrogens with two attached hydrogens (primary N) is 1. The summed E-state index contributed by atoms with van der Waals surface area (Å²) in [6.45, 7) is 1.86. The maximum Gasteiger partial charge on any atom is 1.00 e. The van der Waals surface area contributed by atoms with Crippen molar-refractivity contribution in [3.8, 4) is 0 Å². The largest absolute Gasteiger partial charge is 1.00 e. The fraction of sp³-hybridized carbons (Fsp3) is 0.913. The summed E-state index contributed by atoms with van der Waals surface area (Å²) in [5.41, 5.74) is 5.55. The number of carbonyl (C=O) groups excluding carboxylic acids is 1. The van der Waals surface area contributed by atoms with Crippen LogP contribution in [-0.2, 0) is 43.6 Å². The van der Waals surface area contributed by atoms with Gasteiger partial charge in [0.1, 0.15) is 42.7 Å². The van der Waals surface area contributed by atoms with E-state index in [2.05, 4.69) is 5.32 Å². The van der Waals surface area contributed by atoms with E-state index in [1.165, 1.54) is 13.8 Å². The zero-order valence-corrected chi connectivity index (χ0v) is 27.7. The third-order valence-corrected chi connectivity index (χ3v) is 6.76. The molecule has 3 aliphatic rings. The predicted molar refractivity (Wildman–Crippen MR) is 139 cm³/mol. The molecular formula is C23H42N2NaO18S-. The minimum absolute atomic E-state index is 0. The van der Waals surface area contributed by atoms with Crippen molar-refractivity contribution in [1.82, 2.24) is 5.32 Å². The van der Waals surface area contributed by atoms with Crippen molar-refractivity contribution in [1.29, 1.82) is 0 Å². The number of nitrogens with one attached hydrogen (secondary N) is 1. The minimum atomic E-state index is -4.92. The Hall–Kier alpha value is -0.220. The Kier molecular flexibility index (Phi) is 18.7. The predicted octanol–water partition coefficient (Wildman–Crippen LogP) is -9.18. The molecule has 0 aromatic heterocycles. The van der Waals surface area contributed by atoms with Crippen LogP contribution in [0.5, 0.6) is 0 Å². The molecule has 0 aromatic carbocycles. The van der Waals surface area contributed by atoms with Gasteiger partial charge in [-0.15, -0.1) is 0 Å². The van der Waals surface area contributed by atoms with Crippen molar-refractivity contribution in [3.05, 3.63) is 6.42 Å². The van der Waals surface area contributed by atoms with E-state index in [0.29, 0.717) is 13.0 Å². The molecule has 3 fully saturated rings. The number of hydrogen-bond acceptors (Lipinski definition) is 18. The van der Waals surface area contributed by atoms with Crippen molar-refractivity contribution in [3.63, 3.8) is 0 Å². The second kappa shape index (κ2) is 19.7. The molecule has 0 aromatic rings. The van der Waals surface area contributed by atoms with Crippen LogP contribution in [0, 0.1) is 6.42 Å². The third kappa shape index (κ3) is 13.0. The van der Waals surface area contributed by atoms with Crippen LogP contribution in [0.25, 0.3) is 0 Å². The molecule has 0 spiro atoms. The molecule has 0 bridgehead atoms. The third-order valence-electron chi connectivity index (χ3n) is 6.76. The molecular weight excluding hydrogens is 647 g/mol. The van der Waals surface area contributed by atoms with Gasteiger partial charge in [0.05, 0.1) is 32.0 Å². The van der Waals surface area contributed by atoms with Crippen molar-refractivity contribution in [2.24, 2.45) is 5.73 Å². The summed E-state index contributed by atoms with van der Waals surface area (Å²) in [5.74, 6) is -0.523. The number of amides is 1. The van der Waals surface area contributed by atoms with Crippen LogP contribution in [0.3, 0.4) is 0 Å². The average molecular weight is 690 g/mol. The number of aliphatic hydroxyl groups is 7. The molecule has 260 valence electrons. The van der Waals surface area contributed by atoms with Gasteiger partial charge < -0.3 is 79.8 Å². The van der Waals surface area contributed by atoms with E-state index in [1.54, 1.807) is 0 Å². The van der Waals surface area contributed by atoms with Crippen molar-refractivity contribution >= 4 is 16.3 Å². The van der Waals surface area contributed by atoms with E-state index in [4.69, 9.17) is 51.7 Å². The Morgan fingerprint density at radius 2 is 1.47 bits per heavy atom. The maximum absolute atomic E-state index is 12.2. The van der Waals surface area contributed by atoms with Crippen LogP contribution in [-0.4, -0.2) is 171 Å². The smallest absolute Gasteiger partial charge is 0.726 e. The molecule has 3 rings (SSSR count). The van der Waals surface area contributed by atoms with E-state index < -0.39 is 115 Å². The van der Waals surface area contributed by atoms with Gasteiger partial charge in [-0.25, -0.2) is 8.42 Å². The van der Waals surface area contributed by atoms with Crippen molar-refractivity contribution in [2.75, 3.05) is 26.4 Å². The van der Waals surface area contributed by atoms with Crippen LogP contribution in [0.1, 0.15) is 20.3 Å². The average Bonchev–Trinajstić information content (AvgIpc) is 2.93. The molecule has 14 atom stereocenters. The fourth-order valence-electron chi connectivity index (χ4n) is 4.64. The van der Waals surface area contributed by atoms with Crippen LogP contribution in [0.15, 0.2) is 0 Å². The Bertz CT molecular complexity index is 978. The van der Waals surface area contributed by atoms with Crippen LogP contribution < -0.4 is 40.6 Å². The van der Waals surface area contributed by atoms with E-state index in [9.17, 15) is 40.5 Å². The zero-order chi connectivity index (χ0) is 33.4. The number of ether oxygens (including phenoxy) is 6. The zero-order valence-electron chi connectivity index (χ0n) is 24.8. The quantitative estimate of drug-likeness (QED) is 0.0316. The number of carbonyl (C=O) groups is 1. The molecule has 22 heteroatoms. The summed E-state index contributed by atoms with van der Waals surface area (Å²) in [6, 6.07) is -1.15. The first kappa shape index (κ1) is 42.8. The molecule has 0 saturated carbocycles. The first-order valence-electron chi connectivity index (χ1n) is 13.5. The summed E-state index contributed by atoms with van der Waals surface area (Å²) in [7, 11) is -4.92. The Labute approximate surface area is 281 Å². The van der Waals surface area contributed by atoms with Crippen LogP contribution in [0.4, 0.5) is 0 Å². The number of aliphatic hydroxyl groups excluding tert-OH is 7. The number of rotatable bonds is 11. The van der Waals surface area contributed by atoms with Gasteiger partial charge in [0.25, 0.3) is 0 Å². The Morgan fingerprint density at radius 3 is 2.00 bits per heavy atom. The van der Waals surface area contributed by atoms with Gasteiger partial charge in [-0.05, 0) is 32.1 Å². The van der Waals surface area contributed by atoms with Gasteiger partial charge in [0.2, 0.25) is 16.3 Å². The van der Waals surface area contributed by atoms with E-state index in [0.717, 1.165) is 6.42 Å². The normalized spacial score (nSPS) is 40.4. The van der Waals surface area contributed by atoms with Gasteiger partial charge in [-0.3, -0.25) is 15.8 Å². The summed E-state index contributed by atoms with van der Waals surface area (Å²) < 4.78 is 67.6. The van der Waals surface area contributed by atoms with Crippen LogP contribution in [0.2, 0.25) is 0 Å². The minimum Gasteiger partial charge on any atom is -0.726 e. The van der Waals surface area contributed by atoms with Crippen LogP contribution >= 0.6 is 0 Å². The molecule has 3 saturated heterocycles. The molecule has 11 N–H and O–H groups in total. The molecule has 20 nitrogen and oxygen atoms in total. The van der Waals surface area contributed by atoms with E-state index >= 15 is 0 Å². The first-order chi connectivity index (χ1) is 20.5. The monoisotopic (exact) mass is 689 g/mol. The summed E-state index contributed by atoms with van der Waals surface area (Å²) >= 11 is 0.